The largest absolute Gasteiger partial charge is 0.495 e. The van der Waals surface area contributed by atoms with Crippen LogP contribution < -0.4 is 15.4 Å². The first-order valence-corrected chi connectivity index (χ1v) is 11.4. The molecule has 2 aliphatic heterocycles. The molecule has 1 aromatic carbocycles. The van der Waals surface area contributed by atoms with Gasteiger partial charge in [0.1, 0.15) is 35.1 Å². The molecule has 3 heterocycles. The number of aliphatic hydroxyl groups is 1. The van der Waals surface area contributed by atoms with Crippen LogP contribution in [-0.2, 0) is 20.3 Å². The van der Waals surface area contributed by atoms with Crippen molar-refractivity contribution in [3.05, 3.63) is 53.6 Å². The Morgan fingerprint density at radius 1 is 1.45 bits per heavy atom. The zero-order valence-corrected chi connectivity index (χ0v) is 18.6. The maximum Gasteiger partial charge on any atom is 0.245 e. The van der Waals surface area contributed by atoms with Gasteiger partial charge in [0.05, 0.1) is 25.6 Å². The van der Waals surface area contributed by atoms with Crippen molar-refractivity contribution in [1.82, 2.24) is 14.6 Å². The van der Waals surface area contributed by atoms with E-state index in [0.717, 1.165) is 13.1 Å². The number of fused-ring (bicyclic) bond motifs is 1. The Morgan fingerprint density at radius 2 is 2.21 bits per heavy atom. The number of pyridine rings is 1. The van der Waals surface area contributed by atoms with Crippen LogP contribution >= 0.6 is 0 Å². The predicted octanol–water partition coefficient (Wildman–Crippen LogP) is 1.06. The molecule has 2 fully saturated rings. The van der Waals surface area contributed by atoms with Crippen LogP contribution in [0.5, 0.6) is 5.75 Å². The van der Waals surface area contributed by atoms with Crippen LogP contribution in [-0.4, -0.2) is 67.6 Å². The summed E-state index contributed by atoms with van der Waals surface area (Å²) in [5.74, 6) is -0.763. The Bertz CT molecular complexity index is 1170. The van der Waals surface area contributed by atoms with E-state index in [0.29, 0.717) is 10.1 Å². The van der Waals surface area contributed by atoms with Crippen molar-refractivity contribution in [2.75, 3.05) is 32.8 Å². The number of aromatic nitrogens is 1. The van der Waals surface area contributed by atoms with Crippen LogP contribution in [0.25, 0.3) is 0 Å². The van der Waals surface area contributed by atoms with Crippen LogP contribution in [0.2, 0.25) is 0 Å². The first-order chi connectivity index (χ1) is 15.6. The number of ether oxygens (including phenoxy) is 2. The summed E-state index contributed by atoms with van der Waals surface area (Å²) in [6.45, 7) is -1.47. The molecule has 0 aliphatic carbocycles. The van der Waals surface area contributed by atoms with Crippen LogP contribution in [0.1, 0.15) is 17.5 Å². The molecule has 2 aromatic rings. The molecule has 4 rings (SSSR count). The summed E-state index contributed by atoms with van der Waals surface area (Å²) in [7, 11) is -1.59. The molecule has 0 amide bonds. The molecule has 10 nitrogen and oxygen atoms in total. The second-order valence-corrected chi connectivity index (χ2v) is 9.83. The number of benzene rings is 1. The molecule has 33 heavy (non-hydrogen) atoms. The predicted molar refractivity (Wildman–Crippen MR) is 114 cm³/mol. The number of nitrogens with one attached hydrogen (secondary N) is 3. The summed E-state index contributed by atoms with van der Waals surface area (Å²) >= 11 is 0. The lowest BCUT2D eigenvalue weighted by Crippen LogP contribution is -2.68. The lowest BCUT2D eigenvalue weighted by atomic mass is 9.86. The van der Waals surface area contributed by atoms with Gasteiger partial charge in [-0.15, -0.1) is 0 Å². The molecular formula is C20H23F2N5O5S. The third-order valence-electron chi connectivity index (χ3n) is 5.88. The van der Waals surface area contributed by atoms with Gasteiger partial charge in [0.15, 0.2) is 6.23 Å². The van der Waals surface area contributed by atoms with Crippen molar-refractivity contribution < 1.29 is 31.8 Å². The lowest BCUT2D eigenvalue weighted by molar-refractivity contribution is 0.0835. The van der Waals surface area contributed by atoms with E-state index in [9.17, 15) is 17.9 Å². The minimum Gasteiger partial charge on any atom is -0.495 e. The van der Waals surface area contributed by atoms with Crippen LogP contribution in [0.4, 0.5) is 14.5 Å². The third kappa shape index (κ3) is 3.75. The molecule has 0 bridgehead atoms. The molecule has 13 heteroatoms. The van der Waals surface area contributed by atoms with Gasteiger partial charge in [-0.3, -0.25) is 10.4 Å². The van der Waals surface area contributed by atoms with Gasteiger partial charge in [0.2, 0.25) is 16.0 Å². The van der Waals surface area contributed by atoms with Crippen molar-refractivity contribution in [2.45, 2.75) is 23.1 Å². The fraction of sp³-hybridized carbons (Fsp3) is 0.400. The summed E-state index contributed by atoms with van der Waals surface area (Å²) in [5.41, 5.74) is -1.35. The van der Waals surface area contributed by atoms with E-state index in [2.05, 4.69) is 15.6 Å². The van der Waals surface area contributed by atoms with Crippen LogP contribution in [0.15, 0.2) is 36.5 Å². The number of hydrogen-bond donors (Lipinski definition) is 4. The molecule has 0 radical (unpaired) electrons. The summed E-state index contributed by atoms with van der Waals surface area (Å²) in [5, 5.41) is 22.6. The molecule has 0 saturated carbocycles. The quantitative estimate of drug-likeness (QED) is 0.448. The van der Waals surface area contributed by atoms with Gasteiger partial charge in [-0.1, -0.05) is 0 Å². The Balaban J connectivity index is 1.72. The van der Waals surface area contributed by atoms with E-state index >= 15 is 4.39 Å². The highest BCUT2D eigenvalue weighted by Crippen LogP contribution is 2.44. The Kier molecular flexibility index (Phi) is 5.88. The number of nitrogens with zero attached hydrogens (tertiary/aromatic N) is 2. The first kappa shape index (κ1) is 23.1. The second kappa shape index (κ2) is 8.39. The molecule has 1 aromatic heterocycles. The number of aliphatic hydroxyl groups excluding tert-OH is 1. The fourth-order valence-electron chi connectivity index (χ4n) is 4.15. The average molecular weight is 483 g/mol. The summed E-state index contributed by atoms with van der Waals surface area (Å²) in [6.07, 6.45) is -1.19. The summed E-state index contributed by atoms with van der Waals surface area (Å²) in [6, 6.07) is 6.91. The van der Waals surface area contributed by atoms with E-state index in [-0.39, 0.29) is 23.6 Å². The van der Waals surface area contributed by atoms with Crippen molar-refractivity contribution >= 4 is 21.7 Å². The monoisotopic (exact) mass is 483 g/mol. The number of alkyl halides is 1. The third-order valence-corrected chi connectivity index (χ3v) is 8.18. The number of halogens is 2. The van der Waals surface area contributed by atoms with Gasteiger partial charge in [-0.25, -0.2) is 21.5 Å². The number of rotatable bonds is 6. The van der Waals surface area contributed by atoms with Gasteiger partial charge in [-0.05, 0) is 30.3 Å². The van der Waals surface area contributed by atoms with Gasteiger partial charge in [0, 0.05) is 18.3 Å². The Labute approximate surface area is 189 Å². The van der Waals surface area contributed by atoms with E-state index < -0.39 is 51.6 Å². The van der Waals surface area contributed by atoms with Gasteiger partial charge in [0.25, 0.3) is 0 Å². The van der Waals surface area contributed by atoms with Crippen molar-refractivity contribution in [2.24, 2.45) is 0 Å². The lowest BCUT2D eigenvalue weighted by Gasteiger charge is -2.44. The Hall–Kier alpha value is -3.03. The number of sulfonamides is 1. The van der Waals surface area contributed by atoms with Gasteiger partial charge >= 0.3 is 0 Å². The SMILES string of the molecule is COc1ccc(C(O)Nc2ccc(F)c([C@]34CO[C@@H](CF)[C@H]3S(=O)(=O)N(C)C(=N)N4)c2)nc1. The van der Waals surface area contributed by atoms with E-state index in [1.807, 2.05) is 0 Å². The van der Waals surface area contributed by atoms with Gasteiger partial charge < -0.3 is 25.2 Å². The minimum absolute atomic E-state index is 0.134. The molecular weight excluding hydrogens is 460 g/mol. The van der Waals surface area contributed by atoms with Crippen molar-refractivity contribution in [3.63, 3.8) is 0 Å². The smallest absolute Gasteiger partial charge is 0.245 e. The molecule has 2 saturated heterocycles. The van der Waals surface area contributed by atoms with E-state index in [1.54, 1.807) is 12.1 Å². The molecule has 1 unspecified atom stereocenters. The number of anilines is 1. The zero-order valence-electron chi connectivity index (χ0n) is 17.7. The van der Waals surface area contributed by atoms with Gasteiger partial charge in [-0.2, -0.15) is 0 Å². The first-order valence-electron chi connectivity index (χ1n) is 9.90. The fourth-order valence-corrected chi connectivity index (χ4v) is 6.09. The minimum atomic E-state index is -4.24. The van der Waals surface area contributed by atoms with Crippen LogP contribution in [0, 0.1) is 11.2 Å². The highest BCUT2D eigenvalue weighted by Gasteiger charge is 2.63. The molecule has 0 spiro atoms. The summed E-state index contributed by atoms with van der Waals surface area (Å²) < 4.78 is 66.0. The zero-order chi connectivity index (χ0) is 24.0. The molecule has 4 N–H and O–H groups in total. The number of guanidine groups is 1. The second-order valence-electron chi connectivity index (χ2n) is 7.75. The number of methoxy groups -OCH3 is 1. The standard InChI is InChI=1S/C20H23F2N5O5S/c1-27-19(23)26-20(10-32-16(8-21)17(20)33(27,29)30)13-7-11(3-5-14(13)22)25-18(28)15-6-4-12(31-2)9-24-15/h3-7,9,16-18,25,28H,8,10H2,1-2H3,(H2,23,26)/t16-,17+,18?,20+/m0/s1. The maximum absolute atomic E-state index is 15.1. The van der Waals surface area contributed by atoms with Crippen LogP contribution in [0.3, 0.4) is 0 Å². The highest BCUT2D eigenvalue weighted by atomic mass is 32.2. The average Bonchev–Trinajstić information content (AvgIpc) is 3.19. The molecule has 2 aliphatic rings. The summed E-state index contributed by atoms with van der Waals surface area (Å²) in [4.78, 5) is 4.09. The van der Waals surface area contributed by atoms with Crippen molar-refractivity contribution in [1.29, 1.82) is 5.41 Å². The maximum atomic E-state index is 15.1. The Morgan fingerprint density at radius 3 is 2.85 bits per heavy atom. The van der Waals surface area contributed by atoms with E-state index in [4.69, 9.17) is 14.9 Å². The van der Waals surface area contributed by atoms with E-state index in [1.165, 1.54) is 25.4 Å². The topological polar surface area (TPSA) is 137 Å². The normalized spacial score (nSPS) is 26.9. The molecule has 4 atom stereocenters. The highest BCUT2D eigenvalue weighted by molar-refractivity contribution is 7.90. The molecule has 178 valence electrons. The number of hydrogen-bond acceptors (Lipinski definition) is 8. The van der Waals surface area contributed by atoms with Crippen molar-refractivity contribution in [3.8, 4) is 5.75 Å².